The molecule has 0 amide bonds. The van der Waals surface area contributed by atoms with E-state index in [-0.39, 0.29) is 6.10 Å². The van der Waals surface area contributed by atoms with Gasteiger partial charge in [0.25, 0.3) is 0 Å². The van der Waals surface area contributed by atoms with E-state index in [1.165, 1.54) is 64.2 Å². The summed E-state index contributed by atoms with van der Waals surface area (Å²) in [6, 6.07) is 0. The molecular weight excluding hydrogens is 356 g/mol. The Kier molecular flexibility index (Phi) is 6.45. The number of fused-ring (bicyclic) bond motifs is 5. The van der Waals surface area contributed by atoms with Crippen molar-refractivity contribution in [2.45, 2.75) is 111 Å². The molecule has 0 heterocycles. The lowest BCUT2D eigenvalue weighted by atomic mass is 9.44. The molecule has 0 aromatic heterocycles. The molecule has 0 unspecified atom stereocenters. The van der Waals surface area contributed by atoms with Gasteiger partial charge in [0.1, 0.15) is 0 Å². The summed E-state index contributed by atoms with van der Waals surface area (Å²) in [5, 5.41) is 20.5. The summed E-state index contributed by atoms with van der Waals surface area (Å²) in [5.41, 5.74) is 0.943. The monoisotopic (exact) mass is 404 g/mol. The van der Waals surface area contributed by atoms with Gasteiger partial charge in [-0.2, -0.15) is 0 Å². The molecule has 2 nitrogen and oxygen atoms in total. The van der Waals surface area contributed by atoms with Crippen LogP contribution >= 0.6 is 0 Å². The number of rotatable bonds is 6. The SMILES string of the molecule is CC(C)CCC[C@@H](CO)[C@H]1CC[C@H]2[C@@H]3CC[C@H]4C[C@H](O)CC[C@]4(C)[C@H]3CC[C@]12C. The normalized spacial score (nSPS) is 48.1. The van der Waals surface area contributed by atoms with Gasteiger partial charge in [0.15, 0.2) is 0 Å². The molecule has 0 bridgehead atoms. The van der Waals surface area contributed by atoms with Crippen molar-refractivity contribution in [1.29, 1.82) is 0 Å². The van der Waals surface area contributed by atoms with Crippen LogP contribution in [0.4, 0.5) is 0 Å². The molecule has 0 spiro atoms. The Balaban J connectivity index is 1.48. The largest absolute Gasteiger partial charge is 0.396 e. The summed E-state index contributed by atoms with van der Waals surface area (Å²) in [6.07, 6.45) is 15.4. The molecule has 29 heavy (non-hydrogen) atoms. The number of aliphatic hydroxyl groups is 2. The Bertz CT molecular complexity index is 559. The summed E-state index contributed by atoms with van der Waals surface area (Å²) >= 11 is 0. The van der Waals surface area contributed by atoms with E-state index in [2.05, 4.69) is 27.7 Å². The van der Waals surface area contributed by atoms with Gasteiger partial charge in [-0.25, -0.2) is 0 Å². The molecule has 0 saturated heterocycles. The fourth-order valence-corrected chi connectivity index (χ4v) is 9.26. The minimum Gasteiger partial charge on any atom is -0.396 e. The van der Waals surface area contributed by atoms with Crippen LogP contribution in [0.1, 0.15) is 105 Å². The van der Waals surface area contributed by atoms with Crippen LogP contribution in [0.25, 0.3) is 0 Å². The summed E-state index contributed by atoms with van der Waals surface area (Å²) in [6.45, 7) is 10.3. The average molecular weight is 405 g/mol. The molecule has 2 N–H and O–H groups in total. The molecule has 4 fully saturated rings. The van der Waals surface area contributed by atoms with Crippen LogP contribution in [0.15, 0.2) is 0 Å². The summed E-state index contributed by atoms with van der Waals surface area (Å²) in [7, 11) is 0. The third kappa shape index (κ3) is 3.84. The van der Waals surface area contributed by atoms with Gasteiger partial charge in [0.2, 0.25) is 0 Å². The van der Waals surface area contributed by atoms with E-state index in [0.717, 1.165) is 48.3 Å². The first-order chi connectivity index (χ1) is 13.8. The van der Waals surface area contributed by atoms with Crippen LogP contribution in [-0.2, 0) is 0 Å². The van der Waals surface area contributed by atoms with Crippen molar-refractivity contribution in [3.8, 4) is 0 Å². The zero-order valence-corrected chi connectivity index (χ0v) is 19.7. The van der Waals surface area contributed by atoms with Crippen LogP contribution < -0.4 is 0 Å². The fraction of sp³-hybridized carbons (Fsp3) is 1.00. The van der Waals surface area contributed by atoms with E-state index in [4.69, 9.17) is 0 Å². The Morgan fingerprint density at radius 2 is 1.59 bits per heavy atom. The van der Waals surface area contributed by atoms with Gasteiger partial charge in [-0.1, -0.05) is 40.5 Å². The molecule has 0 aliphatic heterocycles. The molecule has 0 aromatic carbocycles. The molecule has 4 aliphatic rings. The lowest BCUT2D eigenvalue weighted by Crippen LogP contribution is -2.54. The number of hydrogen-bond donors (Lipinski definition) is 2. The summed E-state index contributed by atoms with van der Waals surface area (Å²) in [5.74, 6) is 5.48. The lowest BCUT2D eigenvalue weighted by molar-refractivity contribution is -0.130. The zero-order chi connectivity index (χ0) is 20.8. The average Bonchev–Trinajstić information content (AvgIpc) is 3.03. The first-order valence-corrected chi connectivity index (χ1v) is 13.1. The minimum absolute atomic E-state index is 0.0366. The van der Waals surface area contributed by atoms with Gasteiger partial charge >= 0.3 is 0 Å². The molecule has 2 heteroatoms. The molecule has 4 rings (SSSR count). The molecule has 168 valence electrons. The Morgan fingerprint density at radius 1 is 0.862 bits per heavy atom. The molecule has 4 aliphatic carbocycles. The molecule has 9 atom stereocenters. The quantitative estimate of drug-likeness (QED) is 0.534. The van der Waals surface area contributed by atoms with Gasteiger partial charge in [-0.15, -0.1) is 0 Å². The summed E-state index contributed by atoms with van der Waals surface area (Å²) in [4.78, 5) is 0. The third-order valence-electron chi connectivity index (χ3n) is 10.9. The maximum atomic E-state index is 10.3. The van der Waals surface area contributed by atoms with Crippen molar-refractivity contribution < 1.29 is 10.2 Å². The highest BCUT2D eigenvalue weighted by Crippen LogP contribution is 2.68. The van der Waals surface area contributed by atoms with Crippen molar-refractivity contribution in [2.75, 3.05) is 6.61 Å². The predicted molar refractivity (Wildman–Crippen MR) is 120 cm³/mol. The summed E-state index contributed by atoms with van der Waals surface area (Å²) < 4.78 is 0. The lowest BCUT2D eigenvalue weighted by Gasteiger charge is -2.61. The van der Waals surface area contributed by atoms with Crippen LogP contribution in [-0.4, -0.2) is 22.9 Å². The van der Waals surface area contributed by atoms with E-state index in [1.807, 2.05) is 0 Å². The Morgan fingerprint density at radius 3 is 2.31 bits per heavy atom. The van der Waals surface area contributed by atoms with Gasteiger partial charge < -0.3 is 10.2 Å². The highest BCUT2D eigenvalue weighted by molar-refractivity contribution is 5.09. The van der Waals surface area contributed by atoms with Crippen molar-refractivity contribution in [3.63, 3.8) is 0 Å². The maximum Gasteiger partial charge on any atom is 0.0543 e. The van der Waals surface area contributed by atoms with Gasteiger partial charge in [0.05, 0.1) is 6.10 Å². The van der Waals surface area contributed by atoms with Gasteiger partial charge in [0, 0.05) is 6.61 Å². The molecule has 4 saturated carbocycles. The van der Waals surface area contributed by atoms with Gasteiger partial charge in [-0.3, -0.25) is 0 Å². The van der Waals surface area contributed by atoms with E-state index < -0.39 is 0 Å². The number of aliphatic hydroxyl groups excluding tert-OH is 2. The van der Waals surface area contributed by atoms with Crippen molar-refractivity contribution in [3.05, 3.63) is 0 Å². The van der Waals surface area contributed by atoms with Crippen molar-refractivity contribution >= 4 is 0 Å². The third-order valence-corrected chi connectivity index (χ3v) is 10.9. The first-order valence-electron chi connectivity index (χ1n) is 13.1. The van der Waals surface area contributed by atoms with E-state index >= 15 is 0 Å². The molecular formula is C27H48O2. The second-order valence-corrected chi connectivity index (χ2v) is 12.6. The predicted octanol–water partition coefficient (Wildman–Crippen LogP) is 6.44. The fourth-order valence-electron chi connectivity index (χ4n) is 9.26. The van der Waals surface area contributed by atoms with Crippen LogP contribution in [0, 0.1) is 52.3 Å². The van der Waals surface area contributed by atoms with E-state index in [1.54, 1.807) is 0 Å². The highest BCUT2D eigenvalue weighted by atomic mass is 16.3. The highest BCUT2D eigenvalue weighted by Gasteiger charge is 2.60. The standard InChI is InChI=1S/C27H48O2/c1-18(2)6-5-7-19(17-28)23-10-11-24-22-9-8-20-16-21(29)12-14-26(20,3)25(22)13-15-27(23,24)4/h18-25,28-29H,5-17H2,1-4H3/t19-,20-,21+,22-,23+,24-,25-,26-,27+/m0/s1. The molecule has 0 radical (unpaired) electrons. The van der Waals surface area contributed by atoms with Crippen LogP contribution in [0.3, 0.4) is 0 Å². The van der Waals surface area contributed by atoms with Crippen LogP contribution in [0.5, 0.6) is 0 Å². The van der Waals surface area contributed by atoms with Crippen molar-refractivity contribution in [2.24, 2.45) is 52.3 Å². The Labute approximate surface area is 180 Å². The topological polar surface area (TPSA) is 40.5 Å². The molecule has 0 aromatic rings. The second-order valence-electron chi connectivity index (χ2n) is 12.6. The second kappa shape index (κ2) is 8.45. The first kappa shape index (κ1) is 22.1. The van der Waals surface area contributed by atoms with E-state index in [9.17, 15) is 10.2 Å². The maximum absolute atomic E-state index is 10.3. The van der Waals surface area contributed by atoms with Crippen LogP contribution in [0.2, 0.25) is 0 Å². The minimum atomic E-state index is -0.0366. The Hall–Kier alpha value is -0.0800. The van der Waals surface area contributed by atoms with Gasteiger partial charge in [-0.05, 0) is 116 Å². The smallest absolute Gasteiger partial charge is 0.0543 e. The zero-order valence-electron chi connectivity index (χ0n) is 19.7. The van der Waals surface area contributed by atoms with E-state index in [0.29, 0.717) is 23.4 Å². The van der Waals surface area contributed by atoms with Crippen molar-refractivity contribution in [1.82, 2.24) is 0 Å². The number of hydrogen-bond acceptors (Lipinski definition) is 2.